The van der Waals surface area contributed by atoms with E-state index in [4.69, 9.17) is 4.74 Å². The van der Waals surface area contributed by atoms with Gasteiger partial charge in [-0.1, -0.05) is 6.07 Å². The molecule has 0 saturated carbocycles. The van der Waals surface area contributed by atoms with Crippen LogP contribution in [0.15, 0.2) is 35.6 Å². The molecule has 2 aromatic heterocycles. The number of carbonyl (C=O) groups excluding carboxylic acids is 1. The third kappa shape index (κ3) is 2.87. The lowest BCUT2D eigenvalue weighted by atomic mass is 10.4. The maximum absolute atomic E-state index is 12.5. The Bertz CT molecular complexity index is 727. The highest BCUT2D eigenvalue weighted by Gasteiger charge is 2.30. The molecule has 0 unspecified atom stereocenters. The molecule has 8 nitrogen and oxygen atoms in total. The molecule has 0 radical (unpaired) electrons. The molecule has 21 heavy (non-hydrogen) atoms. The molecule has 0 aliphatic rings. The summed E-state index contributed by atoms with van der Waals surface area (Å²) in [6, 6.07) is 4.87. The number of rotatable bonds is 5. The molecule has 0 fully saturated rings. The summed E-state index contributed by atoms with van der Waals surface area (Å²) in [6.07, 6.45) is 2.59. The molecule has 2 heterocycles. The highest BCUT2D eigenvalue weighted by molar-refractivity contribution is 7.92. The molecule has 0 atom stereocenters. The number of nitrogens with zero attached hydrogens (tertiary/aromatic N) is 3. The van der Waals surface area contributed by atoms with E-state index in [1.54, 1.807) is 19.1 Å². The molecule has 0 aromatic carbocycles. The van der Waals surface area contributed by atoms with Gasteiger partial charge in [0, 0.05) is 13.2 Å². The largest absolute Gasteiger partial charge is 0.462 e. The fourth-order valence-corrected chi connectivity index (χ4v) is 2.84. The molecule has 0 spiro atoms. The molecule has 2 rings (SSSR count). The van der Waals surface area contributed by atoms with E-state index in [1.165, 1.54) is 19.3 Å². The highest BCUT2D eigenvalue weighted by atomic mass is 32.2. The first-order valence-corrected chi connectivity index (χ1v) is 7.53. The van der Waals surface area contributed by atoms with Gasteiger partial charge in [0.25, 0.3) is 10.0 Å². The minimum atomic E-state index is -3.99. The average Bonchev–Trinajstić information content (AvgIpc) is 2.98. The standard InChI is InChI=1S/C12H14N4O4S/c1-3-20-12(17)9-8-14-15-11(9)21(18,19)16(2)10-6-4-5-7-13-10/h4-8H,3H2,1-2H3,(H,14,15). The summed E-state index contributed by atoms with van der Waals surface area (Å²) in [5.74, 6) is -0.527. The number of aromatic nitrogens is 3. The van der Waals surface area contributed by atoms with Gasteiger partial charge in [0.15, 0.2) is 5.03 Å². The number of aromatic amines is 1. The van der Waals surface area contributed by atoms with Crippen LogP contribution < -0.4 is 4.31 Å². The van der Waals surface area contributed by atoms with Crippen molar-refractivity contribution in [2.75, 3.05) is 18.0 Å². The highest BCUT2D eigenvalue weighted by Crippen LogP contribution is 2.21. The van der Waals surface area contributed by atoms with Crippen molar-refractivity contribution in [3.8, 4) is 0 Å². The van der Waals surface area contributed by atoms with Crippen LogP contribution in [0, 0.1) is 0 Å². The molecule has 0 bridgehead atoms. The molecule has 9 heteroatoms. The molecular weight excluding hydrogens is 296 g/mol. The van der Waals surface area contributed by atoms with Gasteiger partial charge in [0.1, 0.15) is 11.4 Å². The summed E-state index contributed by atoms with van der Waals surface area (Å²) < 4.78 is 30.8. The van der Waals surface area contributed by atoms with Gasteiger partial charge in [-0.05, 0) is 19.1 Å². The molecule has 1 N–H and O–H groups in total. The average molecular weight is 310 g/mol. The van der Waals surface area contributed by atoms with Crippen LogP contribution in [0.3, 0.4) is 0 Å². The van der Waals surface area contributed by atoms with E-state index in [1.807, 2.05) is 0 Å². The lowest BCUT2D eigenvalue weighted by molar-refractivity contribution is 0.0522. The Hall–Kier alpha value is -2.42. The topological polar surface area (TPSA) is 105 Å². The summed E-state index contributed by atoms with van der Waals surface area (Å²) >= 11 is 0. The summed E-state index contributed by atoms with van der Waals surface area (Å²) in [5, 5.41) is 5.62. The number of nitrogens with one attached hydrogen (secondary N) is 1. The van der Waals surface area contributed by atoms with Gasteiger partial charge < -0.3 is 4.74 Å². The minimum absolute atomic E-state index is 0.138. The van der Waals surface area contributed by atoms with Gasteiger partial charge in [0.05, 0.1) is 12.8 Å². The zero-order chi connectivity index (χ0) is 15.5. The van der Waals surface area contributed by atoms with Gasteiger partial charge in [0.2, 0.25) is 0 Å². The Morgan fingerprint density at radius 1 is 1.43 bits per heavy atom. The summed E-state index contributed by atoms with van der Waals surface area (Å²) in [4.78, 5) is 15.7. The summed E-state index contributed by atoms with van der Waals surface area (Å²) in [5.41, 5.74) is -0.139. The second-order valence-corrected chi connectivity index (χ2v) is 5.90. The van der Waals surface area contributed by atoms with E-state index in [0.717, 1.165) is 10.5 Å². The lowest BCUT2D eigenvalue weighted by Gasteiger charge is -2.17. The van der Waals surface area contributed by atoms with Crippen molar-refractivity contribution in [1.82, 2.24) is 15.2 Å². The molecule has 0 aliphatic heterocycles. The summed E-state index contributed by atoms with van der Waals surface area (Å²) in [7, 11) is -2.65. The Labute approximate surface area is 121 Å². The Morgan fingerprint density at radius 3 is 2.81 bits per heavy atom. The smallest absolute Gasteiger partial charge is 0.342 e. The SMILES string of the molecule is CCOC(=O)c1cn[nH]c1S(=O)(=O)N(C)c1ccccn1. The first-order chi connectivity index (χ1) is 9.98. The van der Waals surface area contributed by atoms with Crippen LogP contribution in [-0.4, -0.2) is 43.2 Å². The molecule has 0 amide bonds. The number of H-pyrrole nitrogens is 1. The maximum atomic E-state index is 12.5. The van der Waals surface area contributed by atoms with Crippen molar-refractivity contribution >= 4 is 21.8 Å². The quantitative estimate of drug-likeness (QED) is 0.819. The van der Waals surface area contributed by atoms with Crippen LogP contribution in [0.5, 0.6) is 0 Å². The van der Waals surface area contributed by atoms with E-state index in [9.17, 15) is 13.2 Å². The normalized spacial score (nSPS) is 11.1. The number of hydrogen-bond donors (Lipinski definition) is 1. The predicted molar refractivity (Wildman–Crippen MR) is 74.4 cm³/mol. The fourth-order valence-electron chi connectivity index (χ4n) is 1.63. The van der Waals surface area contributed by atoms with E-state index in [2.05, 4.69) is 15.2 Å². The van der Waals surface area contributed by atoms with Crippen molar-refractivity contribution < 1.29 is 17.9 Å². The van der Waals surface area contributed by atoms with E-state index >= 15 is 0 Å². The molecule has 112 valence electrons. The van der Waals surface area contributed by atoms with Crippen LogP contribution in [0.1, 0.15) is 17.3 Å². The molecule has 2 aromatic rings. The second kappa shape index (κ2) is 5.92. The van der Waals surface area contributed by atoms with E-state index in [-0.39, 0.29) is 23.0 Å². The van der Waals surface area contributed by atoms with Crippen LogP contribution in [0.25, 0.3) is 0 Å². The molecule has 0 saturated heterocycles. The number of anilines is 1. The monoisotopic (exact) mass is 310 g/mol. The zero-order valence-electron chi connectivity index (χ0n) is 11.5. The van der Waals surface area contributed by atoms with Crippen molar-refractivity contribution in [3.05, 3.63) is 36.2 Å². The first-order valence-electron chi connectivity index (χ1n) is 6.09. The third-order valence-electron chi connectivity index (χ3n) is 2.69. The number of hydrogen-bond acceptors (Lipinski definition) is 6. The van der Waals surface area contributed by atoms with Crippen LogP contribution >= 0.6 is 0 Å². The van der Waals surface area contributed by atoms with Crippen molar-refractivity contribution in [1.29, 1.82) is 0 Å². The summed E-state index contributed by atoms with van der Waals surface area (Å²) in [6.45, 7) is 1.77. The second-order valence-electron chi connectivity index (χ2n) is 3.99. The Kier molecular flexibility index (Phi) is 4.22. The number of carbonyl (C=O) groups is 1. The Balaban J connectivity index is 2.41. The van der Waals surface area contributed by atoms with Crippen molar-refractivity contribution in [2.45, 2.75) is 11.9 Å². The lowest BCUT2D eigenvalue weighted by Crippen LogP contribution is -2.29. The number of esters is 1. The van der Waals surface area contributed by atoms with E-state index in [0.29, 0.717) is 0 Å². The van der Waals surface area contributed by atoms with Gasteiger partial charge in [-0.2, -0.15) is 13.5 Å². The number of pyridine rings is 1. The van der Waals surface area contributed by atoms with Crippen molar-refractivity contribution in [3.63, 3.8) is 0 Å². The van der Waals surface area contributed by atoms with Crippen molar-refractivity contribution in [2.24, 2.45) is 0 Å². The van der Waals surface area contributed by atoms with Crippen LogP contribution in [0.2, 0.25) is 0 Å². The number of sulfonamides is 1. The Morgan fingerprint density at radius 2 is 2.19 bits per heavy atom. The molecular formula is C12H14N4O4S. The zero-order valence-corrected chi connectivity index (χ0v) is 12.3. The first kappa shape index (κ1) is 15.0. The van der Waals surface area contributed by atoms with E-state index < -0.39 is 16.0 Å². The minimum Gasteiger partial charge on any atom is -0.462 e. The fraction of sp³-hybridized carbons (Fsp3) is 0.250. The van der Waals surface area contributed by atoms with Gasteiger partial charge in [-0.15, -0.1) is 0 Å². The van der Waals surface area contributed by atoms with Gasteiger partial charge >= 0.3 is 5.97 Å². The number of ether oxygens (including phenoxy) is 1. The van der Waals surface area contributed by atoms with Gasteiger partial charge in [-0.25, -0.2) is 9.78 Å². The predicted octanol–water partition coefficient (Wildman–Crippen LogP) is 0.806. The molecule has 0 aliphatic carbocycles. The third-order valence-corrected chi connectivity index (χ3v) is 4.43. The van der Waals surface area contributed by atoms with Crippen LogP contribution in [-0.2, 0) is 14.8 Å². The maximum Gasteiger partial charge on any atom is 0.342 e. The van der Waals surface area contributed by atoms with Gasteiger partial charge in [-0.3, -0.25) is 9.40 Å². The van der Waals surface area contributed by atoms with Crippen LogP contribution in [0.4, 0.5) is 5.82 Å².